The zero-order valence-electron chi connectivity index (χ0n) is 13.3. The molecule has 1 saturated heterocycles. The Labute approximate surface area is 143 Å². The highest BCUT2D eigenvalue weighted by Gasteiger charge is 2.28. The molecular weight excluding hydrogens is 328 g/mol. The Morgan fingerprint density at radius 3 is 3.08 bits per heavy atom. The van der Waals surface area contributed by atoms with Gasteiger partial charge in [0, 0.05) is 19.7 Å². The van der Waals surface area contributed by atoms with Crippen LogP contribution < -0.4 is 5.32 Å². The number of ether oxygens (including phenoxy) is 1. The maximum Gasteiger partial charge on any atom is 0.264 e. The first-order chi connectivity index (χ1) is 11.6. The number of amides is 2. The molecule has 2 aromatic rings. The molecule has 24 heavy (non-hydrogen) atoms. The summed E-state index contributed by atoms with van der Waals surface area (Å²) in [5.41, 5.74) is 0.709. The molecule has 8 heteroatoms. The minimum atomic E-state index is -0.361. The molecule has 7 nitrogen and oxygen atoms in total. The van der Waals surface area contributed by atoms with Gasteiger partial charge in [0.25, 0.3) is 5.91 Å². The van der Waals surface area contributed by atoms with Crippen LogP contribution in [-0.4, -0.2) is 46.4 Å². The number of morpholine rings is 1. The molecule has 0 unspecified atom stereocenters. The fourth-order valence-electron chi connectivity index (χ4n) is 2.43. The molecular formula is C16H18N4O3S. The number of hydrogen-bond acceptors (Lipinski definition) is 6. The lowest BCUT2D eigenvalue weighted by Gasteiger charge is -2.32. The van der Waals surface area contributed by atoms with Gasteiger partial charge in [-0.3, -0.25) is 9.59 Å². The summed E-state index contributed by atoms with van der Waals surface area (Å²) in [5.74, 6) is 0.422. The molecule has 126 valence electrons. The number of thiophene rings is 1. The standard InChI is InChI=1S/C16H18N4O3S/c1-11(21)18-9-12-4-5-17-15(19-12)13-10-20(6-7-23-13)16(22)14-3-2-8-24-14/h2-5,8,13H,6-7,9-10H2,1H3,(H,18,21)/t13-/m1/s1. The highest BCUT2D eigenvalue weighted by Crippen LogP contribution is 2.22. The normalized spacial score (nSPS) is 17.5. The molecule has 0 radical (unpaired) electrons. The second-order valence-electron chi connectivity index (χ2n) is 5.40. The molecule has 1 fully saturated rings. The van der Waals surface area contributed by atoms with Crippen molar-refractivity contribution in [3.8, 4) is 0 Å². The van der Waals surface area contributed by atoms with Gasteiger partial charge in [-0.1, -0.05) is 6.07 Å². The van der Waals surface area contributed by atoms with Crippen LogP contribution >= 0.6 is 11.3 Å². The molecule has 0 saturated carbocycles. The van der Waals surface area contributed by atoms with Crippen molar-refractivity contribution in [1.29, 1.82) is 0 Å². The number of hydrogen-bond donors (Lipinski definition) is 1. The number of aromatic nitrogens is 2. The molecule has 0 aliphatic carbocycles. The number of nitrogens with zero attached hydrogens (tertiary/aromatic N) is 3. The van der Waals surface area contributed by atoms with Gasteiger partial charge in [0.05, 0.1) is 30.3 Å². The van der Waals surface area contributed by atoms with Crippen molar-refractivity contribution in [2.24, 2.45) is 0 Å². The molecule has 3 rings (SSSR count). The van der Waals surface area contributed by atoms with Crippen LogP contribution in [0.3, 0.4) is 0 Å². The van der Waals surface area contributed by atoms with Gasteiger partial charge in [0.2, 0.25) is 5.91 Å². The molecule has 2 amide bonds. The molecule has 1 N–H and O–H groups in total. The first-order valence-corrected chi connectivity index (χ1v) is 8.52. The highest BCUT2D eigenvalue weighted by molar-refractivity contribution is 7.12. The fraction of sp³-hybridized carbons (Fsp3) is 0.375. The summed E-state index contributed by atoms with van der Waals surface area (Å²) >= 11 is 1.43. The van der Waals surface area contributed by atoms with E-state index in [1.165, 1.54) is 18.3 Å². The van der Waals surface area contributed by atoms with Gasteiger partial charge >= 0.3 is 0 Å². The first-order valence-electron chi connectivity index (χ1n) is 7.64. The number of carbonyl (C=O) groups excluding carboxylic acids is 2. The molecule has 1 aliphatic heterocycles. The molecule has 3 heterocycles. The average Bonchev–Trinajstić information content (AvgIpc) is 3.14. The highest BCUT2D eigenvalue weighted by atomic mass is 32.1. The lowest BCUT2D eigenvalue weighted by Crippen LogP contribution is -2.42. The third-order valence-corrected chi connectivity index (χ3v) is 4.48. The summed E-state index contributed by atoms with van der Waals surface area (Å²) in [6.07, 6.45) is 1.28. The van der Waals surface area contributed by atoms with E-state index in [0.29, 0.717) is 37.8 Å². The topological polar surface area (TPSA) is 84.4 Å². The Bertz CT molecular complexity index is 720. The van der Waals surface area contributed by atoms with Crippen LogP contribution in [0.2, 0.25) is 0 Å². The van der Waals surface area contributed by atoms with E-state index in [-0.39, 0.29) is 17.9 Å². The van der Waals surface area contributed by atoms with E-state index in [9.17, 15) is 9.59 Å². The fourth-order valence-corrected chi connectivity index (χ4v) is 3.12. The lowest BCUT2D eigenvalue weighted by molar-refractivity contribution is -0.119. The Morgan fingerprint density at radius 2 is 2.33 bits per heavy atom. The van der Waals surface area contributed by atoms with E-state index in [1.807, 2.05) is 17.5 Å². The maximum atomic E-state index is 12.5. The van der Waals surface area contributed by atoms with Crippen LogP contribution in [0.5, 0.6) is 0 Å². The quantitative estimate of drug-likeness (QED) is 0.904. The predicted molar refractivity (Wildman–Crippen MR) is 88.5 cm³/mol. The van der Waals surface area contributed by atoms with Crippen molar-refractivity contribution in [1.82, 2.24) is 20.2 Å². The lowest BCUT2D eigenvalue weighted by atomic mass is 10.2. The van der Waals surface area contributed by atoms with Crippen molar-refractivity contribution in [3.63, 3.8) is 0 Å². The zero-order valence-corrected chi connectivity index (χ0v) is 14.1. The Hall–Kier alpha value is -2.32. The van der Waals surface area contributed by atoms with Crippen molar-refractivity contribution >= 4 is 23.2 Å². The molecule has 2 aromatic heterocycles. The van der Waals surface area contributed by atoms with Gasteiger partial charge in [0.15, 0.2) is 5.82 Å². The summed E-state index contributed by atoms with van der Waals surface area (Å²) in [4.78, 5) is 34.7. The summed E-state index contributed by atoms with van der Waals surface area (Å²) in [6, 6.07) is 5.43. The Kier molecular flexibility index (Phi) is 5.17. The maximum absolute atomic E-state index is 12.5. The van der Waals surface area contributed by atoms with E-state index >= 15 is 0 Å². The summed E-state index contributed by atoms with van der Waals surface area (Å²) in [6.45, 7) is 3.22. The number of carbonyl (C=O) groups is 2. The second-order valence-corrected chi connectivity index (χ2v) is 6.35. The third kappa shape index (κ3) is 3.95. The summed E-state index contributed by atoms with van der Waals surface area (Å²) < 4.78 is 5.74. The van der Waals surface area contributed by atoms with Crippen molar-refractivity contribution in [2.75, 3.05) is 19.7 Å². The minimum Gasteiger partial charge on any atom is -0.367 e. The van der Waals surface area contributed by atoms with Gasteiger partial charge in [-0.05, 0) is 17.5 Å². The average molecular weight is 346 g/mol. The third-order valence-electron chi connectivity index (χ3n) is 3.62. The monoisotopic (exact) mass is 346 g/mol. The van der Waals surface area contributed by atoms with Crippen LogP contribution in [-0.2, 0) is 16.1 Å². The Balaban J connectivity index is 1.69. The van der Waals surface area contributed by atoms with Crippen molar-refractivity contribution in [2.45, 2.75) is 19.6 Å². The minimum absolute atomic E-state index is 0.00713. The van der Waals surface area contributed by atoms with E-state index in [4.69, 9.17) is 4.74 Å². The van der Waals surface area contributed by atoms with E-state index in [2.05, 4.69) is 15.3 Å². The molecule has 0 spiro atoms. The Morgan fingerprint density at radius 1 is 1.46 bits per heavy atom. The van der Waals surface area contributed by atoms with Crippen molar-refractivity contribution < 1.29 is 14.3 Å². The van der Waals surface area contributed by atoms with Gasteiger partial charge in [0.1, 0.15) is 6.10 Å². The van der Waals surface area contributed by atoms with Crippen LogP contribution in [0.4, 0.5) is 0 Å². The van der Waals surface area contributed by atoms with Crippen molar-refractivity contribution in [3.05, 3.63) is 46.2 Å². The van der Waals surface area contributed by atoms with Gasteiger partial charge in [-0.25, -0.2) is 9.97 Å². The summed E-state index contributed by atoms with van der Waals surface area (Å²) in [5, 5.41) is 4.59. The van der Waals surface area contributed by atoms with Crippen LogP contribution in [0.25, 0.3) is 0 Å². The molecule has 1 aliphatic rings. The van der Waals surface area contributed by atoms with Gasteiger partial charge in [-0.2, -0.15) is 0 Å². The number of nitrogens with one attached hydrogen (secondary N) is 1. The molecule has 0 aromatic carbocycles. The second kappa shape index (κ2) is 7.50. The van der Waals surface area contributed by atoms with Crippen LogP contribution in [0.1, 0.15) is 34.2 Å². The summed E-state index contributed by atoms with van der Waals surface area (Å²) in [7, 11) is 0. The predicted octanol–water partition coefficient (Wildman–Crippen LogP) is 1.39. The zero-order chi connectivity index (χ0) is 16.9. The SMILES string of the molecule is CC(=O)NCc1ccnc([C@H]2CN(C(=O)c3cccs3)CCO2)n1. The smallest absolute Gasteiger partial charge is 0.264 e. The van der Waals surface area contributed by atoms with Gasteiger partial charge < -0.3 is 15.0 Å². The van der Waals surface area contributed by atoms with E-state index in [0.717, 1.165) is 4.88 Å². The first kappa shape index (κ1) is 16.5. The van der Waals surface area contributed by atoms with E-state index in [1.54, 1.807) is 17.2 Å². The van der Waals surface area contributed by atoms with Crippen LogP contribution in [0, 0.1) is 0 Å². The van der Waals surface area contributed by atoms with E-state index < -0.39 is 0 Å². The van der Waals surface area contributed by atoms with Crippen LogP contribution in [0.15, 0.2) is 29.8 Å². The number of rotatable bonds is 4. The molecule has 0 bridgehead atoms. The van der Waals surface area contributed by atoms with Gasteiger partial charge in [-0.15, -0.1) is 11.3 Å². The largest absolute Gasteiger partial charge is 0.367 e. The molecule has 1 atom stereocenters.